The highest BCUT2D eigenvalue weighted by Gasteiger charge is 2.22. The highest BCUT2D eigenvalue weighted by Crippen LogP contribution is 2.33. The highest BCUT2D eigenvalue weighted by atomic mass is 16.5. The molecule has 3 aromatic rings. The second-order valence-corrected chi connectivity index (χ2v) is 6.60. The smallest absolute Gasteiger partial charge is 0.224 e. The number of aromatic nitrogens is 4. The van der Waals surface area contributed by atoms with Gasteiger partial charge in [0, 0.05) is 36.6 Å². The first-order valence-corrected chi connectivity index (χ1v) is 9.00. The van der Waals surface area contributed by atoms with Crippen molar-refractivity contribution in [2.24, 2.45) is 5.73 Å². The summed E-state index contributed by atoms with van der Waals surface area (Å²) < 4.78 is 6.04. The van der Waals surface area contributed by atoms with Crippen LogP contribution in [0.5, 0.6) is 11.6 Å². The fourth-order valence-corrected chi connectivity index (χ4v) is 2.68. The van der Waals surface area contributed by atoms with E-state index in [4.69, 9.17) is 10.5 Å². The number of hydrogen-bond donors (Lipinski definition) is 2. The predicted molar refractivity (Wildman–Crippen MR) is 104 cm³/mol. The summed E-state index contributed by atoms with van der Waals surface area (Å²) in [5.74, 6) is 2.66. The van der Waals surface area contributed by atoms with Gasteiger partial charge in [-0.3, -0.25) is 0 Å². The van der Waals surface area contributed by atoms with E-state index >= 15 is 0 Å². The van der Waals surface area contributed by atoms with E-state index in [2.05, 4.69) is 31.3 Å². The molecule has 4 rings (SSSR count). The number of hydrogen-bond acceptors (Lipinski definition) is 8. The number of nitrogens with one attached hydrogen (secondary N) is 1. The van der Waals surface area contributed by atoms with E-state index in [9.17, 15) is 5.26 Å². The van der Waals surface area contributed by atoms with E-state index in [1.807, 2.05) is 6.92 Å². The van der Waals surface area contributed by atoms with Gasteiger partial charge >= 0.3 is 0 Å². The van der Waals surface area contributed by atoms with Crippen LogP contribution in [-0.4, -0.2) is 26.0 Å². The van der Waals surface area contributed by atoms with Gasteiger partial charge in [0.1, 0.15) is 17.4 Å². The average Bonchev–Trinajstić information content (AvgIpc) is 3.51. The molecule has 0 atom stereocenters. The molecular formula is C20H19N7O. The maximum atomic E-state index is 9.27. The normalized spacial score (nSPS) is 13.0. The van der Waals surface area contributed by atoms with Gasteiger partial charge in [-0.2, -0.15) is 10.2 Å². The van der Waals surface area contributed by atoms with E-state index in [-0.39, 0.29) is 0 Å². The largest absolute Gasteiger partial charge is 0.438 e. The van der Waals surface area contributed by atoms with Gasteiger partial charge < -0.3 is 15.8 Å². The minimum Gasteiger partial charge on any atom is -0.438 e. The third kappa shape index (κ3) is 4.05. The van der Waals surface area contributed by atoms with Crippen molar-refractivity contribution >= 4 is 5.82 Å². The molecule has 1 aliphatic carbocycles. The van der Waals surface area contributed by atoms with Crippen molar-refractivity contribution in [3.05, 3.63) is 53.6 Å². The third-order valence-corrected chi connectivity index (χ3v) is 4.25. The maximum Gasteiger partial charge on any atom is 0.224 e. The van der Waals surface area contributed by atoms with E-state index < -0.39 is 0 Å². The number of ether oxygens (including phenoxy) is 1. The van der Waals surface area contributed by atoms with Gasteiger partial charge in [-0.15, -0.1) is 0 Å². The number of rotatable bonds is 6. The molecule has 2 aromatic heterocycles. The monoisotopic (exact) mass is 373 g/mol. The van der Waals surface area contributed by atoms with Crippen molar-refractivity contribution in [3.8, 4) is 29.1 Å². The Labute approximate surface area is 162 Å². The fourth-order valence-electron chi connectivity index (χ4n) is 2.68. The molecule has 0 saturated heterocycles. The third-order valence-electron chi connectivity index (χ3n) is 4.25. The molecule has 0 unspecified atom stereocenters. The summed E-state index contributed by atoms with van der Waals surface area (Å²) in [6.45, 7) is 2.18. The van der Waals surface area contributed by atoms with Gasteiger partial charge in [0.15, 0.2) is 5.82 Å². The van der Waals surface area contributed by atoms with E-state index in [0.29, 0.717) is 47.0 Å². The van der Waals surface area contributed by atoms with Crippen LogP contribution in [0.4, 0.5) is 5.82 Å². The predicted octanol–water partition coefficient (Wildman–Crippen LogP) is 2.94. The van der Waals surface area contributed by atoms with Crippen molar-refractivity contribution in [3.63, 3.8) is 0 Å². The molecule has 2 heterocycles. The second kappa shape index (κ2) is 7.58. The topological polar surface area (TPSA) is 123 Å². The lowest BCUT2D eigenvalue weighted by atomic mass is 10.1. The number of aryl methyl sites for hydroxylation is 1. The van der Waals surface area contributed by atoms with E-state index in [1.54, 1.807) is 36.7 Å². The molecule has 8 heteroatoms. The summed E-state index contributed by atoms with van der Waals surface area (Å²) >= 11 is 0. The molecule has 0 radical (unpaired) electrons. The minimum atomic E-state index is 0.369. The zero-order chi connectivity index (χ0) is 19.5. The molecular weight excluding hydrogens is 354 g/mol. The van der Waals surface area contributed by atoms with Gasteiger partial charge in [-0.05, 0) is 38.0 Å². The summed E-state index contributed by atoms with van der Waals surface area (Å²) in [4.78, 5) is 17.5. The van der Waals surface area contributed by atoms with Gasteiger partial charge in [0.05, 0.1) is 17.2 Å². The lowest BCUT2D eigenvalue weighted by molar-refractivity contribution is 0.461. The number of nitrogens with zero attached hydrogens (tertiary/aromatic N) is 5. The highest BCUT2D eigenvalue weighted by molar-refractivity contribution is 5.66. The fraction of sp³-hybridized carbons (Fsp3) is 0.250. The number of nitrogens with two attached hydrogens (primary N) is 1. The summed E-state index contributed by atoms with van der Waals surface area (Å²) in [5, 5.41) is 12.6. The van der Waals surface area contributed by atoms with Crippen molar-refractivity contribution in [1.29, 1.82) is 5.26 Å². The Balaban J connectivity index is 1.69. The Kier molecular flexibility index (Phi) is 4.83. The van der Waals surface area contributed by atoms with Crippen LogP contribution in [0, 0.1) is 18.3 Å². The molecule has 1 aromatic carbocycles. The molecule has 3 N–H and O–H groups in total. The van der Waals surface area contributed by atoms with Gasteiger partial charge in [0.2, 0.25) is 5.88 Å². The van der Waals surface area contributed by atoms with Crippen molar-refractivity contribution < 1.29 is 4.74 Å². The van der Waals surface area contributed by atoms with Crippen LogP contribution in [0.1, 0.15) is 29.8 Å². The van der Waals surface area contributed by atoms with Crippen LogP contribution in [0.2, 0.25) is 0 Å². The number of nitriles is 1. The van der Waals surface area contributed by atoms with E-state index in [1.165, 1.54) is 0 Å². The van der Waals surface area contributed by atoms with Gasteiger partial charge in [0.25, 0.3) is 0 Å². The Hall–Kier alpha value is -3.57. The Morgan fingerprint density at radius 1 is 1.21 bits per heavy atom. The molecule has 0 aliphatic heterocycles. The number of anilines is 1. The van der Waals surface area contributed by atoms with Crippen LogP contribution < -0.4 is 15.8 Å². The molecule has 28 heavy (non-hydrogen) atoms. The zero-order valence-electron chi connectivity index (χ0n) is 15.4. The first-order valence-electron chi connectivity index (χ1n) is 9.00. The molecule has 0 bridgehead atoms. The molecule has 1 fully saturated rings. The molecule has 0 amide bonds. The van der Waals surface area contributed by atoms with Crippen LogP contribution in [0.25, 0.3) is 11.4 Å². The standard InChI is InChI=1S/C20H19N7O/c1-12-25-18(27-15-3-4-15)7-19(26-12)28-17-6-13(8-21)2-5-16(17)20-23-10-14(9-22)11-24-20/h2,5-7,10-11,15H,3-4,9,22H2,1H3,(H,25,26,27). The van der Waals surface area contributed by atoms with Crippen LogP contribution >= 0.6 is 0 Å². The molecule has 0 spiro atoms. The summed E-state index contributed by atoms with van der Waals surface area (Å²) in [6, 6.07) is 9.47. The first kappa shape index (κ1) is 17.8. The van der Waals surface area contributed by atoms with Crippen molar-refractivity contribution in [2.45, 2.75) is 32.4 Å². The van der Waals surface area contributed by atoms with Crippen molar-refractivity contribution in [1.82, 2.24) is 19.9 Å². The lowest BCUT2D eigenvalue weighted by Crippen LogP contribution is -2.05. The summed E-state index contributed by atoms with van der Waals surface area (Å²) in [5.41, 5.74) is 7.58. The second-order valence-electron chi connectivity index (χ2n) is 6.60. The van der Waals surface area contributed by atoms with Crippen LogP contribution in [0.15, 0.2) is 36.7 Å². The first-order chi connectivity index (χ1) is 13.6. The Morgan fingerprint density at radius 2 is 2.00 bits per heavy atom. The van der Waals surface area contributed by atoms with Crippen molar-refractivity contribution in [2.75, 3.05) is 5.32 Å². The minimum absolute atomic E-state index is 0.369. The zero-order valence-corrected chi connectivity index (χ0v) is 15.4. The van der Waals surface area contributed by atoms with Gasteiger partial charge in [-0.25, -0.2) is 15.0 Å². The SMILES string of the molecule is Cc1nc(NC2CC2)cc(Oc2cc(C#N)ccc2-c2ncc(CN)cn2)n1. The van der Waals surface area contributed by atoms with Crippen LogP contribution in [0.3, 0.4) is 0 Å². The van der Waals surface area contributed by atoms with Gasteiger partial charge in [-0.1, -0.05) is 0 Å². The molecule has 8 nitrogen and oxygen atoms in total. The van der Waals surface area contributed by atoms with E-state index in [0.717, 1.165) is 24.2 Å². The van der Waals surface area contributed by atoms with Crippen LogP contribution in [-0.2, 0) is 6.54 Å². The summed E-state index contributed by atoms with van der Waals surface area (Å²) in [6.07, 6.45) is 5.64. The molecule has 140 valence electrons. The maximum absolute atomic E-state index is 9.27. The Bertz CT molecular complexity index is 1040. The number of benzene rings is 1. The average molecular weight is 373 g/mol. The molecule has 1 saturated carbocycles. The summed E-state index contributed by atoms with van der Waals surface area (Å²) in [7, 11) is 0. The lowest BCUT2D eigenvalue weighted by Gasteiger charge is -2.12. The molecule has 1 aliphatic rings. The Morgan fingerprint density at radius 3 is 2.68 bits per heavy atom. The quantitative estimate of drug-likeness (QED) is 0.676.